The van der Waals surface area contributed by atoms with Gasteiger partial charge in [-0.3, -0.25) is 14.6 Å². The summed E-state index contributed by atoms with van der Waals surface area (Å²) in [6, 6.07) is 7.74. The number of aromatic nitrogens is 3. The highest BCUT2D eigenvalue weighted by atomic mass is 35.5. The average molecular weight is 578 g/mol. The Bertz CT molecular complexity index is 1390. The van der Waals surface area contributed by atoms with Gasteiger partial charge < -0.3 is 25.2 Å². The molecule has 1 aromatic carbocycles. The first kappa shape index (κ1) is 28.6. The van der Waals surface area contributed by atoms with Crippen molar-refractivity contribution < 1.29 is 14.3 Å². The number of hydrogen-bond donors (Lipinski definition) is 2. The highest BCUT2D eigenvalue weighted by molar-refractivity contribution is 6.32. The minimum Gasteiger partial charge on any atom is -0.483 e. The van der Waals surface area contributed by atoms with Crippen LogP contribution in [0.5, 0.6) is 5.75 Å². The third-order valence-electron chi connectivity index (χ3n) is 7.51. The molecule has 2 amide bonds. The SMILES string of the molecule is CCCCC(C)C(=O)N1CCN(C(=O)COc2ccc3cc2CCc2cncc(c2)Nc2ncc(Cl)c(n2)N3)CC1. The number of pyridine rings is 1. The van der Waals surface area contributed by atoms with E-state index in [0.29, 0.717) is 55.1 Å². The normalized spacial score (nSPS) is 15.4. The predicted molar refractivity (Wildman–Crippen MR) is 159 cm³/mol. The fourth-order valence-electron chi connectivity index (χ4n) is 5.10. The first-order valence-electron chi connectivity index (χ1n) is 14.2. The van der Waals surface area contributed by atoms with E-state index in [1.54, 1.807) is 17.3 Å². The Morgan fingerprint density at radius 2 is 1.83 bits per heavy atom. The van der Waals surface area contributed by atoms with Crippen LogP contribution >= 0.6 is 11.6 Å². The molecule has 5 rings (SSSR count). The number of nitrogens with zero attached hydrogens (tertiary/aromatic N) is 5. The second kappa shape index (κ2) is 13.2. The Hall–Kier alpha value is -3.92. The second-order valence-corrected chi connectivity index (χ2v) is 11.0. The van der Waals surface area contributed by atoms with E-state index in [1.165, 1.54) is 0 Å². The number of anilines is 4. The minimum atomic E-state index is -0.0848. The maximum atomic E-state index is 13.0. The van der Waals surface area contributed by atoms with Gasteiger partial charge >= 0.3 is 0 Å². The summed E-state index contributed by atoms with van der Waals surface area (Å²) in [5.74, 6) is 1.65. The van der Waals surface area contributed by atoms with Crippen LogP contribution in [0.1, 0.15) is 44.2 Å². The lowest BCUT2D eigenvalue weighted by atomic mass is 10.0. The van der Waals surface area contributed by atoms with Crippen molar-refractivity contribution in [2.45, 2.75) is 46.0 Å². The smallest absolute Gasteiger partial charge is 0.260 e. The summed E-state index contributed by atoms with van der Waals surface area (Å²) in [6.07, 6.45) is 9.54. The van der Waals surface area contributed by atoms with Gasteiger partial charge in [-0.25, -0.2) is 4.98 Å². The second-order valence-electron chi connectivity index (χ2n) is 10.6. The minimum absolute atomic E-state index is 0.0248. The van der Waals surface area contributed by atoms with Crippen molar-refractivity contribution in [2.75, 3.05) is 43.4 Å². The molecule has 1 fully saturated rings. The molecule has 1 saturated heterocycles. The number of nitrogens with one attached hydrogen (secondary N) is 2. The van der Waals surface area contributed by atoms with Crippen LogP contribution < -0.4 is 15.4 Å². The van der Waals surface area contributed by atoms with Crippen molar-refractivity contribution in [2.24, 2.45) is 5.92 Å². The number of halogens is 1. The van der Waals surface area contributed by atoms with Crippen LogP contribution in [-0.2, 0) is 22.4 Å². The molecule has 11 heteroatoms. The zero-order valence-corrected chi connectivity index (χ0v) is 24.3. The van der Waals surface area contributed by atoms with Gasteiger partial charge in [-0.1, -0.05) is 38.3 Å². The molecule has 2 N–H and O–H groups in total. The van der Waals surface area contributed by atoms with E-state index in [1.807, 2.05) is 42.3 Å². The maximum absolute atomic E-state index is 13.0. The lowest BCUT2D eigenvalue weighted by molar-refractivity contribution is -0.142. The molecule has 0 spiro atoms. The standard InChI is InChI=1S/C30H36ClN7O3/c1-3-4-5-20(2)29(40)38-12-10-37(11-13-38)27(39)19-41-26-9-8-23-15-22(26)7-6-21-14-24(17-32-16-21)35-30-33-18-25(31)28(34-23)36-30/h8-9,14-18,20H,3-7,10-13,19H2,1-2H3,(H2,33,34,35,36). The number of rotatable bonds is 7. The number of piperazine rings is 1. The van der Waals surface area contributed by atoms with Gasteiger partial charge in [-0.15, -0.1) is 0 Å². The van der Waals surface area contributed by atoms with Crippen molar-refractivity contribution in [3.05, 3.63) is 59.0 Å². The fourth-order valence-corrected chi connectivity index (χ4v) is 5.24. The average Bonchev–Trinajstić information content (AvgIpc) is 2.99. The number of fused-ring (bicyclic) bond motifs is 6. The molecule has 0 saturated carbocycles. The number of carbonyl (C=O) groups excluding carboxylic acids is 2. The van der Waals surface area contributed by atoms with Crippen LogP contribution in [0.3, 0.4) is 0 Å². The number of carbonyl (C=O) groups is 2. The molecule has 10 nitrogen and oxygen atoms in total. The molecule has 2 aliphatic rings. The van der Waals surface area contributed by atoms with Crippen LogP contribution in [-0.4, -0.2) is 69.4 Å². The van der Waals surface area contributed by atoms with E-state index in [4.69, 9.17) is 16.3 Å². The quantitative estimate of drug-likeness (QED) is 0.404. The van der Waals surface area contributed by atoms with Gasteiger partial charge in [0.1, 0.15) is 10.8 Å². The summed E-state index contributed by atoms with van der Waals surface area (Å²) < 4.78 is 6.08. The van der Waals surface area contributed by atoms with Gasteiger partial charge in [-0.2, -0.15) is 4.98 Å². The van der Waals surface area contributed by atoms with E-state index in [9.17, 15) is 9.59 Å². The summed E-state index contributed by atoms with van der Waals surface area (Å²) in [7, 11) is 0. The first-order valence-corrected chi connectivity index (χ1v) is 14.6. The predicted octanol–water partition coefficient (Wildman–Crippen LogP) is 4.99. The molecule has 2 aromatic heterocycles. The van der Waals surface area contributed by atoms with E-state index < -0.39 is 0 Å². The van der Waals surface area contributed by atoms with Crippen LogP contribution in [0.25, 0.3) is 0 Å². The van der Waals surface area contributed by atoms with Gasteiger partial charge in [0.05, 0.1) is 18.1 Å². The molecule has 216 valence electrons. The summed E-state index contributed by atoms with van der Waals surface area (Å²) in [4.78, 5) is 42.6. The molecule has 2 aliphatic heterocycles. The number of hydrogen-bond acceptors (Lipinski definition) is 8. The highest BCUT2D eigenvalue weighted by Gasteiger charge is 2.27. The Labute approximate surface area is 245 Å². The highest BCUT2D eigenvalue weighted by Crippen LogP contribution is 2.30. The van der Waals surface area contributed by atoms with Crippen molar-refractivity contribution in [3.63, 3.8) is 0 Å². The van der Waals surface area contributed by atoms with E-state index in [0.717, 1.165) is 48.2 Å². The first-order chi connectivity index (χ1) is 19.9. The largest absolute Gasteiger partial charge is 0.483 e. The Morgan fingerprint density at radius 3 is 2.63 bits per heavy atom. The zero-order chi connectivity index (χ0) is 28.8. The van der Waals surface area contributed by atoms with Crippen molar-refractivity contribution in [3.8, 4) is 5.75 Å². The number of ether oxygens (including phenoxy) is 1. The van der Waals surface area contributed by atoms with Crippen molar-refractivity contribution in [1.29, 1.82) is 0 Å². The number of amides is 2. The van der Waals surface area contributed by atoms with Gasteiger partial charge in [0, 0.05) is 44.0 Å². The monoisotopic (exact) mass is 577 g/mol. The molecule has 1 unspecified atom stereocenters. The molecule has 0 aliphatic carbocycles. The van der Waals surface area contributed by atoms with Crippen LogP contribution in [0.2, 0.25) is 5.02 Å². The van der Waals surface area contributed by atoms with E-state index in [-0.39, 0.29) is 24.3 Å². The Kier molecular flexibility index (Phi) is 9.18. The van der Waals surface area contributed by atoms with Crippen LogP contribution in [0, 0.1) is 5.92 Å². The lowest BCUT2D eigenvalue weighted by Crippen LogP contribution is -2.52. The summed E-state index contributed by atoms with van der Waals surface area (Å²) in [5.41, 5.74) is 3.56. The Balaban J connectivity index is 1.25. The lowest BCUT2D eigenvalue weighted by Gasteiger charge is -2.36. The van der Waals surface area contributed by atoms with Gasteiger partial charge in [-0.05, 0) is 54.7 Å². The van der Waals surface area contributed by atoms with Crippen LogP contribution in [0.4, 0.5) is 23.1 Å². The van der Waals surface area contributed by atoms with Gasteiger partial charge in [0.25, 0.3) is 5.91 Å². The molecular weight excluding hydrogens is 542 g/mol. The molecule has 41 heavy (non-hydrogen) atoms. The molecular formula is C30H36ClN7O3. The number of unbranched alkanes of at least 4 members (excludes halogenated alkanes) is 1. The molecule has 3 aromatic rings. The fraction of sp³-hybridized carbons (Fsp3) is 0.433. The number of benzene rings is 1. The van der Waals surface area contributed by atoms with Crippen molar-refractivity contribution in [1.82, 2.24) is 24.8 Å². The van der Waals surface area contributed by atoms with Gasteiger partial charge in [0.15, 0.2) is 12.4 Å². The van der Waals surface area contributed by atoms with Crippen LogP contribution in [0.15, 0.2) is 42.9 Å². The third kappa shape index (κ3) is 7.24. The summed E-state index contributed by atoms with van der Waals surface area (Å²) >= 11 is 6.37. The van der Waals surface area contributed by atoms with Gasteiger partial charge in [0.2, 0.25) is 11.9 Å². The number of aryl methyl sites for hydroxylation is 2. The summed E-state index contributed by atoms with van der Waals surface area (Å²) in [5, 5.41) is 6.85. The zero-order valence-electron chi connectivity index (χ0n) is 23.5. The topological polar surface area (TPSA) is 113 Å². The summed E-state index contributed by atoms with van der Waals surface area (Å²) in [6.45, 7) is 6.22. The molecule has 1 atom stereocenters. The third-order valence-corrected chi connectivity index (χ3v) is 7.79. The molecule has 4 heterocycles. The Morgan fingerprint density at radius 1 is 1.02 bits per heavy atom. The molecule has 6 bridgehead atoms. The maximum Gasteiger partial charge on any atom is 0.260 e. The molecule has 0 radical (unpaired) electrons. The van der Waals surface area contributed by atoms with Crippen molar-refractivity contribution >= 4 is 46.6 Å². The van der Waals surface area contributed by atoms with E-state index >= 15 is 0 Å². The van der Waals surface area contributed by atoms with E-state index in [2.05, 4.69) is 32.5 Å².